The summed E-state index contributed by atoms with van der Waals surface area (Å²) in [7, 11) is 3.19. The number of methoxy groups -OCH3 is 1. The number of allylic oxidation sites excluding steroid dienone is 2. The molecule has 0 saturated carbocycles. The molecule has 2 aromatic carbocycles. The molecule has 0 aromatic heterocycles. The van der Waals surface area contributed by atoms with Gasteiger partial charge in [-0.25, -0.2) is 4.79 Å². The van der Waals surface area contributed by atoms with Crippen LogP contribution in [0.4, 0.5) is 5.69 Å². The molecule has 2 aromatic rings. The summed E-state index contributed by atoms with van der Waals surface area (Å²) in [6, 6.07) is 13.4. The molecule has 0 saturated heterocycles. The van der Waals surface area contributed by atoms with E-state index in [0.717, 1.165) is 40.9 Å². The van der Waals surface area contributed by atoms with Crippen molar-refractivity contribution in [2.75, 3.05) is 26.0 Å². The lowest BCUT2D eigenvalue weighted by Gasteiger charge is -2.22. The fourth-order valence-corrected chi connectivity index (χ4v) is 3.80. The summed E-state index contributed by atoms with van der Waals surface area (Å²) in [5.74, 6) is -0.384. The van der Waals surface area contributed by atoms with Crippen LogP contribution in [0.1, 0.15) is 46.4 Å². The first kappa shape index (κ1) is 22.0. The first-order chi connectivity index (χ1) is 15.0. The quantitative estimate of drug-likeness (QED) is 0.362. The van der Waals surface area contributed by atoms with Gasteiger partial charge in [0, 0.05) is 48.5 Å². The topological polar surface area (TPSA) is 112 Å². The Hall–Kier alpha value is -3.74. The van der Waals surface area contributed by atoms with Crippen LogP contribution < -0.4 is 21.7 Å². The summed E-state index contributed by atoms with van der Waals surface area (Å²) in [6.07, 6.45) is 3.90. The molecule has 0 fully saturated rings. The van der Waals surface area contributed by atoms with E-state index in [1.54, 1.807) is 12.3 Å². The number of anilines is 1. The second-order valence-electron chi connectivity index (χ2n) is 7.34. The molecule has 0 bridgehead atoms. The van der Waals surface area contributed by atoms with Crippen LogP contribution >= 0.6 is 0 Å². The Bertz CT molecular complexity index is 1040. The third-order valence-electron chi connectivity index (χ3n) is 5.28. The lowest BCUT2D eigenvalue weighted by molar-refractivity contribution is 0.0601. The number of carbonyl (C=O) groups excluding carboxylic acids is 1. The zero-order chi connectivity index (χ0) is 22.4. The number of carbonyl (C=O) groups is 1. The summed E-state index contributed by atoms with van der Waals surface area (Å²) in [5, 5.41) is 17.7. The van der Waals surface area contributed by atoms with Gasteiger partial charge in [-0.3, -0.25) is 0 Å². The van der Waals surface area contributed by atoms with E-state index < -0.39 is 0 Å². The number of nitrogens with one attached hydrogen (secondary N) is 4. The highest BCUT2D eigenvalue weighted by molar-refractivity contribution is 6.08. The lowest BCUT2D eigenvalue weighted by Crippen LogP contribution is -2.17. The summed E-state index contributed by atoms with van der Waals surface area (Å²) >= 11 is 0. The van der Waals surface area contributed by atoms with E-state index in [1.807, 2.05) is 44.3 Å². The SMILES string of the molecule is CN/C=C(\C=N)c1ccc2c(c1)C(Nc1ccccc1C(=O)OC)CCN/C2=C(/C)N. The highest BCUT2D eigenvalue weighted by atomic mass is 16.5. The van der Waals surface area contributed by atoms with Crippen molar-refractivity contribution in [3.63, 3.8) is 0 Å². The average Bonchev–Trinajstić information content (AvgIpc) is 2.96. The van der Waals surface area contributed by atoms with Gasteiger partial charge in [-0.1, -0.05) is 24.3 Å². The highest BCUT2D eigenvalue weighted by Gasteiger charge is 2.24. The van der Waals surface area contributed by atoms with E-state index in [1.165, 1.54) is 13.3 Å². The smallest absolute Gasteiger partial charge is 0.339 e. The van der Waals surface area contributed by atoms with Crippen molar-refractivity contribution < 1.29 is 9.53 Å². The predicted molar refractivity (Wildman–Crippen MR) is 126 cm³/mol. The van der Waals surface area contributed by atoms with E-state index in [9.17, 15) is 4.79 Å². The van der Waals surface area contributed by atoms with Gasteiger partial charge in [-0.2, -0.15) is 0 Å². The molecule has 7 nitrogen and oxygen atoms in total. The molecule has 0 radical (unpaired) electrons. The van der Waals surface area contributed by atoms with Gasteiger partial charge in [0.05, 0.1) is 24.4 Å². The molecule has 162 valence electrons. The first-order valence-corrected chi connectivity index (χ1v) is 10.2. The van der Waals surface area contributed by atoms with E-state index in [4.69, 9.17) is 15.9 Å². The highest BCUT2D eigenvalue weighted by Crippen LogP contribution is 2.34. The molecule has 31 heavy (non-hydrogen) atoms. The maximum atomic E-state index is 12.2. The van der Waals surface area contributed by atoms with Crippen molar-refractivity contribution in [3.05, 3.63) is 76.6 Å². The van der Waals surface area contributed by atoms with Crippen LogP contribution in [0, 0.1) is 5.41 Å². The number of nitrogens with two attached hydrogens (primary N) is 1. The minimum absolute atomic E-state index is 0.0772. The molecule has 1 aliphatic heterocycles. The van der Waals surface area contributed by atoms with Gasteiger partial charge in [0.2, 0.25) is 0 Å². The molecule has 0 spiro atoms. The van der Waals surface area contributed by atoms with Gasteiger partial charge < -0.3 is 31.8 Å². The molecule has 1 heterocycles. The number of rotatable bonds is 6. The zero-order valence-corrected chi connectivity index (χ0v) is 18.1. The molecule has 0 aliphatic carbocycles. The van der Waals surface area contributed by atoms with Crippen molar-refractivity contribution in [1.82, 2.24) is 10.6 Å². The van der Waals surface area contributed by atoms with Gasteiger partial charge in [-0.05, 0) is 42.7 Å². The van der Waals surface area contributed by atoms with Gasteiger partial charge in [0.1, 0.15) is 0 Å². The minimum atomic E-state index is -0.384. The summed E-state index contributed by atoms with van der Waals surface area (Å²) in [4.78, 5) is 12.2. The molecule has 1 atom stereocenters. The maximum Gasteiger partial charge on any atom is 0.339 e. The summed E-state index contributed by atoms with van der Waals surface area (Å²) in [6.45, 7) is 2.60. The van der Waals surface area contributed by atoms with E-state index in [-0.39, 0.29) is 12.0 Å². The third-order valence-corrected chi connectivity index (χ3v) is 5.28. The number of esters is 1. The van der Waals surface area contributed by atoms with Crippen LogP contribution in [0.5, 0.6) is 0 Å². The molecular weight excluding hydrogens is 390 g/mol. The second-order valence-corrected chi connectivity index (χ2v) is 7.34. The molecule has 1 unspecified atom stereocenters. The number of fused-ring (bicyclic) bond motifs is 1. The van der Waals surface area contributed by atoms with E-state index in [2.05, 4.69) is 22.0 Å². The molecule has 7 heteroatoms. The Labute approximate surface area is 182 Å². The molecule has 0 amide bonds. The monoisotopic (exact) mass is 419 g/mol. The van der Waals surface area contributed by atoms with Gasteiger partial charge in [0.25, 0.3) is 0 Å². The third kappa shape index (κ3) is 4.71. The van der Waals surface area contributed by atoms with Gasteiger partial charge in [0.15, 0.2) is 0 Å². The predicted octanol–water partition coefficient (Wildman–Crippen LogP) is 3.48. The van der Waals surface area contributed by atoms with Gasteiger partial charge >= 0.3 is 5.97 Å². The number of benzene rings is 2. The Morgan fingerprint density at radius 1 is 1.29 bits per heavy atom. The molecular formula is C24H29N5O2. The summed E-state index contributed by atoms with van der Waals surface area (Å²) < 4.78 is 4.95. The van der Waals surface area contributed by atoms with Crippen molar-refractivity contribution >= 4 is 29.1 Å². The molecule has 3 rings (SSSR count). The van der Waals surface area contributed by atoms with E-state index in [0.29, 0.717) is 16.9 Å². The van der Waals surface area contributed by atoms with Crippen LogP contribution in [0.3, 0.4) is 0 Å². The van der Waals surface area contributed by atoms with Gasteiger partial charge in [-0.15, -0.1) is 0 Å². The van der Waals surface area contributed by atoms with Crippen LogP contribution in [0.25, 0.3) is 11.3 Å². The minimum Gasteiger partial charge on any atom is -0.465 e. The number of hydrogen-bond acceptors (Lipinski definition) is 7. The van der Waals surface area contributed by atoms with Crippen LogP contribution in [-0.2, 0) is 4.74 Å². The Balaban J connectivity index is 2.12. The largest absolute Gasteiger partial charge is 0.465 e. The Morgan fingerprint density at radius 2 is 2.06 bits per heavy atom. The van der Waals surface area contributed by atoms with Crippen molar-refractivity contribution in [2.24, 2.45) is 5.73 Å². The standard InChI is InChI=1S/C24H29N5O2/c1-15(26)23-18-9-8-16(17(13-25)14-27-2)12-20(18)22(10-11-28-23)29-21-7-5-4-6-19(21)24(30)31-3/h4-9,12-14,22,25,27-29H,10-11,26H2,1-3H3/b17-14+,23-15-,25-13?. The molecule has 1 aliphatic rings. The number of para-hydroxylation sites is 1. The Morgan fingerprint density at radius 3 is 2.74 bits per heavy atom. The van der Waals surface area contributed by atoms with Crippen molar-refractivity contribution in [3.8, 4) is 0 Å². The average molecular weight is 420 g/mol. The Kier molecular flexibility index (Phi) is 6.97. The fourth-order valence-electron chi connectivity index (χ4n) is 3.80. The van der Waals surface area contributed by atoms with Crippen molar-refractivity contribution in [2.45, 2.75) is 19.4 Å². The number of hydrogen-bond donors (Lipinski definition) is 5. The van der Waals surface area contributed by atoms with Crippen LogP contribution in [0.15, 0.2) is 54.4 Å². The summed E-state index contributed by atoms with van der Waals surface area (Å²) in [5.41, 5.74) is 12.7. The maximum absolute atomic E-state index is 12.2. The first-order valence-electron chi connectivity index (χ1n) is 10.2. The normalized spacial score (nSPS) is 17.5. The van der Waals surface area contributed by atoms with Crippen molar-refractivity contribution in [1.29, 1.82) is 5.41 Å². The van der Waals surface area contributed by atoms with E-state index >= 15 is 0 Å². The lowest BCUT2D eigenvalue weighted by atomic mass is 9.92. The van der Waals surface area contributed by atoms with Crippen LogP contribution in [0.2, 0.25) is 0 Å². The number of ether oxygens (including phenoxy) is 1. The zero-order valence-electron chi connectivity index (χ0n) is 18.1. The molecule has 6 N–H and O–H groups in total. The fraction of sp³-hybridized carbons (Fsp3) is 0.250. The van der Waals surface area contributed by atoms with Crippen LogP contribution in [-0.4, -0.2) is 32.9 Å². The second kappa shape index (κ2) is 9.84.